The van der Waals surface area contributed by atoms with E-state index in [0.717, 1.165) is 18.6 Å². The van der Waals surface area contributed by atoms with Crippen LogP contribution in [0.2, 0.25) is 0 Å². The summed E-state index contributed by atoms with van der Waals surface area (Å²) in [6, 6.07) is 1.67. The van der Waals surface area contributed by atoms with E-state index in [4.69, 9.17) is 0 Å². The number of hydrogen-bond acceptors (Lipinski definition) is 3. The molecule has 1 aliphatic rings. The van der Waals surface area contributed by atoms with Gasteiger partial charge in [0.05, 0.1) is 0 Å². The molecule has 0 saturated carbocycles. The second-order valence-corrected chi connectivity index (χ2v) is 7.85. The van der Waals surface area contributed by atoms with Gasteiger partial charge in [0.25, 0.3) is 0 Å². The zero-order valence-corrected chi connectivity index (χ0v) is 12.1. The van der Waals surface area contributed by atoms with E-state index >= 15 is 0 Å². The van der Waals surface area contributed by atoms with Crippen molar-refractivity contribution in [2.75, 3.05) is 6.54 Å². The van der Waals surface area contributed by atoms with Crippen LogP contribution in [0.1, 0.15) is 45.3 Å². The van der Waals surface area contributed by atoms with Crippen LogP contribution in [0.4, 0.5) is 8.78 Å². The van der Waals surface area contributed by atoms with E-state index < -0.39 is 33.9 Å². The van der Waals surface area contributed by atoms with Crippen molar-refractivity contribution in [2.45, 2.75) is 44.4 Å². The summed E-state index contributed by atoms with van der Waals surface area (Å²) in [5.41, 5.74) is 0.0649. The highest BCUT2D eigenvalue weighted by Gasteiger charge is 2.42. The van der Waals surface area contributed by atoms with E-state index in [1.165, 1.54) is 0 Å². The van der Waals surface area contributed by atoms with E-state index in [1.54, 1.807) is 4.31 Å². The van der Waals surface area contributed by atoms with Gasteiger partial charge in [-0.15, -0.1) is 4.31 Å². The molecule has 1 fully saturated rings. The number of aromatic nitrogens is 1. The van der Waals surface area contributed by atoms with Gasteiger partial charge in [0.15, 0.2) is 0 Å². The molecule has 0 aromatic carbocycles. The van der Waals surface area contributed by atoms with Crippen molar-refractivity contribution in [3.8, 4) is 0 Å². The zero-order valence-electron chi connectivity index (χ0n) is 11.3. The largest absolute Gasteiger partial charge is 0.597 e. The Bertz CT molecular complexity index is 464. The molecular formula is C13H18F2N2OS. The predicted octanol–water partition coefficient (Wildman–Crippen LogP) is 2.96. The minimum atomic E-state index is -1.25. The molecule has 2 atom stereocenters. The number of rotatable bonds is 2. The number of pyridine rings is 1. The average molecular weight is 288 g/mol. The lowest BCUT2D eigenvalue weighted by atomic mass is 10.1. The summed E-state index contributed by atoms with van der Waals surface area (Å²) in [6.07, 6.45) is 1.46. The highest BCUT2D eigenvalue weighted by atomic mass is 32.2. The maximum atomic E-state index is 13.8. The minimum Gasteiger partial charge on any atom is -0.597 e. The van der Waals surface area contributed by atoms with E-state index in [9.17, 15) is 13.3 Å². The number of halogens is 2. The van der Waals surface area contributed by atoms with E-state index in [-0.39, 0.29) is 5.69 Å². The molecule has 0 aliphatic carbocycles. The first-order valence-corrected chi connectivity index (χ1v) is 7.42. The molecule has 0 N–H and O–H groups in total. The Labute approximate surface area is 115 Å². The van der Waals surface area contributed by atoms with Crippen molar-refractivity contribution in [1.29, 1.82) is 0 Å². The maximum Gasteiger partial charge on any atom is 0.213 e. The highest BCUT2D eigenvalue weighted by molar-refractivity contribution is 7.90. The normalized spacial score (nSPS) is 22.7. The molecule has 1 unspecified atom stereocenters. The lowest BCUT2D eigenvalue weighted by molar-refractivity contribution is 0.361. The van der Waals surface area contributed by atoms with Crippen LogP contribution in [0, 0.1) is 11.8 Å². The fourth-order valence-corrected chi connectivity index (χ4v) is 3.67. The van der Waals surface area contributed by atoms with E-state index in [2.05, 4.69) is 4.98 Å². The van der Waals surface area contributed by atoms with Crippen LogP contribution in [0.15, 0.2) is 12.1 Å². The molecular weight excluding hydrogens is 270 g/mol. The minimum absolute atomic E-state index is 0.0649. The first-order valence-electron chi connectivity index (χ1n) is 6.31. The first-order chi connectivity index (χ1) is 8.80. The van der Waals surface area contributed by atoms with Gasteiger partial charge in [0.2, 0.25) is 5.95 Å². The lowest BCUT2D eigenvalue weighted by Gasteiger charge is -2.33. The maximum absolute atomic E-state index is 13.8. The molecule has 0 bridgehead atoms. The Morgan fingerprint density at radius 1 is 1.37 bits per heavy atom. The summed E-state index contributed by atoms with van der Waals surface area (Å²) in [5, 5.41) is 0. The van der Waals surface area contributed by atoms with Crippen molar-refractivity contribution >= 4 is 11.4 Å². The summed E-state index contributed by atoms with van der Waals surface area (Å²) in [6.45, 7) is 6.22. The molecule has 3 nitrogen and oxygen atoms in total. The monoisotopic (exact) mass is 288 g/mol. The summed E-state index contributed by atoms with van der Waals surface area (Å²) in [4.78, 5) is 3.65. The van der Waals surface area contributed by atoms with Crippen molar-refractivity contribution in [2.24, 2.45) is 0 Å². The van der Waals surface area contributed by atoms with Gasteiger partial charge < -0.3 is 4.55 Å². The second kappa shape index (κ2) is 5.34. The average Bonchev–Trinajstić information content (AvgIpc) is 2.78. The molecule has 2 rings (SSSR count). The molecule has 0 spiro atoms. The molecule has 0 radical (unpaired) electrons. The van der Waals surface area contributed by atoms with Gasteiger partial charge >= 0.3 is 0 Å². The van der Waals surface area contributed by atoms with Crippen molar-refractivity contribution in [1.82, 2.24) is 9.29 Å². The summed E-state index contributed by atoms with van der Waals surface area (Å²) in [5.74, 6) is -1.24. The van der Waals surface area contributed by atoms with Gasteiger partial charge in [0, 0.05) is 17.9 Å². The first kappa shape index (κ1) is 14.7. The molecule has 0 amide bonds. The Hall–Kier alpha value is -0.720. The third kappa shape index (κ3) is 3.07. The second-order valence-electron chi connectivity index (χ2n) is 5.66. The fraction of sp³-hybridized carbons (Fsp3) is 0.615. The van der Waals surface area contributed by atoms with Crippen LogP contribution in [0.25, 0.3) is 0 Å². The Morgan fingerprint density at radius 2 is 2.05 bits per heavy atom. The zero-order chi connectivity index (χ0) is 14.2. The quantitative estimate of drug-likeness (QED) is 0.620. The topological polar surface area (TPSA) is 39.2 Å². The van der Waals surface area contributed by atoms with Crippen molar-refractivity contribution < 1.29 is 13.3 Å². The molecule has 1 aromatic heterocycles. The highest BCUT2D eigenvalue weighted by Crippen LogP contribution is 2.37. The molecule has 1 aliphatic heterocycles. The third-order valence-corrected chi connectivity index (χ3v) is 5.01. The van der Waals surface area contributed by atoms with Crippen LogP contribution in [0.3, 0.4) is 0 Å². The number of nitrogens with zero attached hydrogens (tertiary/aromatic N) is 2. The molecule has 1 aromatic rings. The van der Waals surface area contributed by atoms with Crippen LogP contribution < -0.4 is 0 Å². The standard InChI is InChI=1S/C13H18F2N2OS/c1-13(2,3)19(18)17-8-4-5-10(17)12-9(14)6-7-11(15)16-12/h6-7,10H,4-5,8H2,1-3H3/t10-,19?/m1/s1. The van der Waals surface area contributed by atoms with Gasteiger partial charge in [-0.1, -0.05) is 0 Å². The Kier molecular flexibility index (Phi) is 4.13. The number of hydrogen-bond donors (Lipinski definition) is 0. The van der Waals surface area contributed by atoms with Crippen molar-refractivity contribution in [3.05, 3.63) is 29.6 Å². The van der Waals surface area contributed by atoms with E-state index in [1.807, 2.05) is 20.8 Å². The predicted molar refractivity (Wildman–Crippen MR) is 70.7 cm³/mol. The van der Waals surface area contributed by atoms with Gasteiger partial charge in [-0.25, -0.2) is 9.37 Å². The third-order valence-electron chi connectivity index (χ3n) is 3.10. The van der Waals surface area contributed by atoms with Crippen molar-refractivity contribution in [3.63, 3.8) is 0 Å². The summed E-state index contributed by atoms with van der Waals surface area (Å²) >= 11 is -1.25. The van der Waals surface area contributed by atoms with E-state index in [0.29, 0.717) is 13.0 Å². The van der Waals surface area contributed by atoms with Gasteiger partial charge in [-0.2, -0.15) is 4.39 Å². The smallest absolute Gasteiger partial charge is 0.213 e. The summed E-state index contributed by atoms with van der Waals surface area (Å²) < 4.78 is 40.7. The lowest BCUT2D eigenvalue weighted by Crippen LogP contribution is -2.42. The Morgan fingerprint density at radius 3 is 2.68 bits per heavy atom. The Balaban J connectivity index is 2.31. The molecule has 2 heterocycles. The van der Waals surface area contributed by atoms with Gasteiger partial charge in [0.1, 0.15) is 22.3 Å². The van der Waals surface area contributed by atoms with Crippen LogP contribution in [-0.4, -0.2) is 25.1 Å². The van der Waals surface area contributed by atoms with Gasteiger partial charge in [-0.05, 0) is 45.7 Å². The van der Waals surface area contributed by atoms with Gasteiger partial charge in [-0.3, -0.25) is 0 Å². The van der Waals surface area contributed by atoms with Crippen LogP contribution >= 0.6 is 0 Å². The SMILES string of the molecule is CC(C)(C)[S+]([O-])N1CCC[C@@H]1c1nc(F)ccc1F. The molecule has 1 saturated heterocycles. The fourth-order valence-electron chi connectivity index (χ4n) is 2.23. The summed E-state index contributed by atoms with van der Waals surface area (Å²) in [7, 11) is 0. The van der Waals surface area contributed by atoms with Crippen LogP contribution in [0.5, 0.6) is 0 Å². The molecule has 106 valence electrons. The molecule has 6 heteroatoms. The molecule has 19 heavy (non-hydrogen) atoms. The van der Waals surface area contributed by atoms with Crippen LogP contribution in [-0.2, 0) is 11.4 Å².